The van der Waals surface area contributed by atoms with Crippen molar-refractivity contribution < 1.29 is 4.74 Å². The molecule has 1 aliphatic rings. The lowest BCUT2D eigenvalue weighted by Gasteiger charge is -2.28. The van der Waals surface area contributed by atoms with Crippen molar-refractivity contribution in [3.05, 3.63) is 29.8 Å². The van der Waals surface area contributed by atoms with Crippen LogP contribution in [0, 0.1) is 0 Å². The second kappa shape index (κ2) is 5.54. The van der Waals surface area contributed by atoms with Gasteiger partial charge in [0, 0.05) is 5.54 Å². The summed E-state index contributed by atoms with van der Waals surface area (Å²) in [6, 6.07) is 8.35. The monoisotopic (exact) mass is 233 g/mol. The predicted octanol–water partition coefficient (Wildman–Crippen LogP) is 3.59. The molecule has 0 aromatic heterocycles. The van der Waals surface area contributed by atoms with Crippen molar-refractivity contribution in [3.63, 3.8) is 0 Å². The van der Waals surface area contributed by atoms with Crippen LogP contribution in [-0.2, 0) is 5.54 Å². The molecule has 0 unspecified atom stereocenters. The average molecular weight is 233 g/mol. The highest BCUT2D eigenvalue weighted by Gasteiger charge is 2.27. The van der Waals surface area contributed by atoms with Crippen LogP contribution in [0.25, 0.3) is 0 Å². The second-order valence-electron chi connectivity index (χ2n) is 5.03. The normalized spacial score (nSPS) is 19.6. The fourth-order valence-electron chi connectivity index (χ4n) is 2.70. The minimum Gasteiger partial charge on any atom is -0.494 e. The van der Waals surface area contributed by atoms with Crippen molar-refractivity contribution in [2.24, 2.45) is 5.73 Å². The zero-order valence-corrected chi connectivity index (χ0v) is 10.7. The lowest BCUT2D eigenvalue weighted by atomic mass is 9.84. The van der Waals surface area contributed by atoms with Gasteiger partial charge in [0.25, 0.3) is 0 Å². The van der Waals surface area contributed by atoms with Gasteiger partial charge in [0.15, 0.2) is 0 Å². The van der Waals surface area contributed by atoms with Gasteiger partial charge in [0.05, 0.1) is 6.61 Å². The van der Waals surface area contributed by atoms with Crippen molar-refractivity contribution in [1.29, 1.82) is 0 Å². The van der Waals surface area contributed by atoms with E-state index in [1.165, 1.54) is 31.2 Å². The number of rotatable bonds is 3. The van der Waals surface area contributed by atoms with E-state index in [0.717, 1.165) is 18.6 Å². The summed E-state index contributed by atoms with van der Waals surface area (Å²) in [5.74, 6) is 0.938. The molecule has 1 fully saturated rings. The largest absolute Gasteiger partial charge is 0.494 e. The van der Waals surface area contributed by atoms with E-state index in [-0.39, 0.29) is 5.54 Å². The Labute approximate surface area is 104 Å². The van der Waals surface area contributed by atoms with E-state index in [0.29, 0.717) is 6.61 Å². The van der Waals surface area contributed by atoms with E-state index >= 15 is 0 Å². The first-order chi connectivity index (χ1) is 8.24. The zero-order valence-electron chi connectivity index (χ0n) is 10.7. The highest BCUT2D eigenvalue weighted by Crippen LogP contribution is 2.34. The van der Waals surface area contributed by atoms with Crippen molar-refractivity contribution in [3.8, 4) is 5.75 Å². The molecule has 0 radical (unpaired) electrons. The minimum atomic E-state index is -0.110. The second-order valence-corrected chi connectivity index (χ2v) is 5.03. The minimum absolute atomic E-state index is 0.110. The van der Waals surface area contributed by atoms with Crippen molar-refractivity contribution in [1.82, 2.24) is 0 Å². The molecule has 0 bridgehead atoms. The van der Waals surface area contributed by atoms with Gasteiger partial charge in [-0.3, -0.25) is 0 Å². The molecule has 94 valence electrons. The van der Waals surface area contributed by atoms with E-state index in [9.17, 15) is 0 Å². The lowest BCUT2D eigenvalue weighted by molar-refractivity contribution is 0.339. The van der Waals surface area contributed by atoms with Crippen molar-refractivity contribution >= 4 is 0 Å². The fourth-order valence-corrected chi connectivity index (χ4v) is 2.70. The van der Waals surface area contributed by atoms with Gasteiger partial charge >= 0.3 is 0 Å². The molecule has 2 N–H and O–H groups in total. The molecular formula is C15H23NO. The summed E-state index contributed by atoms with van der Waals surface area (Å²) in [6.07, 6.45) is 7.39. The van der Waals surface area contributed by atoms with Gasteiger partial charge < -0.3 is 10.5 Å². The van der Waals surface area contributed by atoms with Gasteiger partial charge in [-0.2, -0.15) is 0 Å². The SMILES string of the molecule is CCOc1ccc(C2(N)CCCCCC2)cc1. The van der Waals surface area contributed by atoms with E-state index in [1.807, 2.05) is 19.1 Å². The lowest BCUT2D eigenvalue weighted by Crippen LogP contribution is -2.35. The quantitative estimate of drug-likeness (QED) is 0.810. The molecule has 2 heteroatoms. The Morgan fingerprint density at radius 1 is 1.06 bits per heavy atom. The molecule has 1 aromatic carbocycles. The Morgan fingerprint density at radius 3 is 2.18 bits per heavy atom. The number of nitrogens with two attached hydrogens (primary N) is 1. The van der Waals surface area contributed by atoms with Crippen LogP contribution in [0.1, 0.15) is 51.0 Å². The summed E-state index contributed by atoms with van der Waals surface area (Å²) in [5.41, 5.74) is 7.72. The summed E-state index contributed by atoms with van der Waals surface area (Å²) in [7, 11) is 0. The van der Waals surface area contributed by atoms with Gasteiger partial charge in [0.2, 0.25) is 0 Å². The van der Waals surface area contributed by atoms with Crippen LogP contribution in [0.15, 0.2) is 24.3 Å². The smallest absolute Gasteiger partial charge is 0.119 e. The summed E-state index contributed by atoms with van der Waals surface area (Å²) in [6.45, 7) is 2.72. The first kappa shape index (κ1) is 12.4. The molecule has 0 aliphatic heterocycles. The molecule has 0 heterocycles. The van der Waals surface area contributed by atoms with Crippen LogP contribution < -0.4 is 10.5 Å². The van der Waals surface area contributed by atoms with Crippen LogP contribution in [0.4, 0.5) is 0 Å². The molecular weight excluding hydrogens is 210 g/mol. The van der Waals surface area contributed by atoms with Gasteiger partial charge in [-0.15, -0.1) is 0 Å². The standard InChI is InChI=1S/C15H23NO/c1-2-17-14-9-7-13(8-10-14)15(16)11-5-3-4-6-12-15/h7-10H,2-6,11-12,16H2,1H3. The van der Waals surface area contributed by atoms with Gasteiger partial charge in [-0.25, -0.2) is 0 Å². The number of hydrogen-bond acceptors (Lipinski definition) is 2. The van der Waals surface area contributed by atoms with E-state index in [4.69, 9.17) is 10.5 Å². The highest BCUT2D eigenvalue weighted by atomic mass is 16.5. The number of hydrogen-bond donors (Lipinski definition) is 1. The van der Waals surface area contributed by atoms with E-state index in [2.05, 4.69) is 12.1 Å². The summed E-state index contributed by atoms with van der Waals surface area (Å²) >= 11 is 0. The molecule has 1 aromatic rings. The molecule has 0 spiro atoms. The molecule has 1 saturated carbocycles. The maximum Gasteiger partial charge on any atom is 0.119 e. The molecule has 1 aliphatic carbocycles. The topological polar surface area (TPSA) is 35.2 Å². The molecule has 0 atom stereocenters. The third-order valence-electron chi connectivity index (χ3n) is 3.74. The maximum atomic E-state index is 6.56. The highest BCUT2D eigenvalue weighted by molar-refractivity contribution is 5.31. The Kier molecular flexibility index (Phi) is 4.06. The maximum absolute atomic E-state index is 6.56. The average Bonchev–Trinajstić information content (AvgIpc) is 2.56. The molecule has 2 rings (SSSR count). The predicted molar refractivity (Wildman–Crippen MR) is 71.2 cm³/mol. The number of benzene rings is 1. The van der Waals surface area contributed by atoms with Crippen molar-refractivity contribution in [2.75, 3.05) is 6.61 Å². The first-order valence-electron chi connectivity index (χ1n) is 6.77. The van der Waals surface area contributed by atoms with Gasteiger partial charge in [-0.05, 0) is 37.5 Å². The molecule has 0 amide bonds. The summed E-state index contributed by atoms with van der Waals surface area (Å²) in [4.78, 5) is 0. The van der Waals surface area contributed by atoms with E-state index in [1.54, 1.807) is 0 Å². The number of ether oxygens (including phenoxy) is 1. The summed E-state index contributed by atoms with van der Waals surface area (Å²) < 4.78 is 5.46. The third kappa shape index (κ3) is 3.01. The van der Waals surface area contributed by atoms with Crippen LogP contribution in [0.3, 0.4) is 0 Å². The van der Waals surface area contributed by atoms with Gasteiger partial charge in [-0.1, -0.05) is 37.8 Å². The Bertz CT molecular complexity index is 336. The van der Waals surface area contributed by atoms with Crippen LogP contribution in [-0.4, -0.2) is 6.61 Å². The summed E-state index contributed by atoms with van der Waals surface area (Å²) in [5, 5.41) is 0. The van der Waals surface area contributed by atoms with Crippen LogP contribution in [0.5, 0.6) is 5.75 Å². The van der Waals surface area contributed by atoms with Crippen LogP contribution >= 0.6 is 0 Å². The zero-order chi connectivity index (χ0) is 12.1. The molecule has 0 saturated heterocycles. The fraction of sp³-hybridized carbons (Fsp3) is 0.600. The van der Waals surface area contributed by atoms with Crippen LogP contribution in [0.2, 0.25) is 0 Å². The Morgan fingerprint density at radius 2 is 1.65 bits per heavy atom. The third-order valence-corrected chi connectivity index (χ3v) is 3.74. The molecule has 17 heavy (non-hydrogen) atoms. The van der Waals surface area contributed by atoms with Crippen molar-refractivity contribution in [2.45, 2.75) is 51.0 Å². The molecule has 2 nitrogen and oxygen atoms in total. The first-order valence-corrected chi connectivity index (χ1v) is 6.77. The Balaban J connectivity index is 2.14. The Hall–Kier alpha value is -1.02. The van der Waals surface area contributed by atoms with Gasteiger partial charge in [0.1, 0.15) is 5.75 Å². The van der Waals surface area contributed by atoms with E-state index < -0.39 is 0 Å².